The zero-order chi connectivity index (χ0) is 23.7. The number of phenols is 1. The summed E-state index contributed by atoms with van der Waals surface area (Å²) in [4.78, 5) is 12.4. The van der Waals surface area contributed by atoms with Crippen molar-refractivity contribution in [3.8, 4) is 11.5 Å². The van der Waals surface area contributed by atoms with Gasteiger partial charge in [0.1, 0.15) is 11.5 Å². The average Bonchev–Trinajstić information content (AvgIpc) is 2.77. The maximum Gasteiger partial charge on any atom is 0.251 e. The van der Waals surface area contributed by atoms with E-state index in [1.165, 1.54) is 11.6 Å². The Morgan fingerprint density at radius 2 is 1.81 bits per heavy atom. The van der Waals surface area contributed by atoms with E-state index in [9.17, 15) is 15.0 Å². The molecule has 2 aromatic rings. The summed E-state index contributed by atoms with van der Waals surface area (Å²) in [5, 5.41) is 27.2. The van der Waals surface area contributed by atoms with Crippen molar-refractivity contribution < 1.29 is 19.7 Å². The zero-order valence-electron chi connectivity index (χ0n) is 19.9. The Bertz CT molecular complexity index is 865. The Labute approximate surface area is 192 Å². The third-order valence-corrected chi connectivity index (χ3v) is 5.69. The smallest absolute Gasteiger partial charge is 0.251 e. The van der Waals surface area contributed by atoms with Crippen LogP contribution in [0.25, 0.3) is 0 Å². The van der Waals surface area contributed by atoms with Gasteiger partial charge in [-0.05, 0) is 82.9 Å². The molecule has 0 radical (unpaired) electrons. The molecular weight excluding hydrogens is 404 g/mol. The molecule has 0 fully saturated rings. The van der Waals surface area contributed by atoms with Gasteiger partial charge in [0, 0.05) is 29.3 Å². The molecule has 32 heavy (non-hydrogen) atoms. The molecule has 2 unspecified atom stereocenters. The summed E-state index contributed by atoms with van der Waals surface area (Å²) in [5.74, 6) is 0.639. The molecule has 0 aliphatic heterocycles. The Hall–Kier alpha value is -2.57. The highest BCUT2D eigenvalue weighted by Gasteiger charge is 2.21. The fourth-order valence-corrected chi connectivity index (χ4v) is 3.32. The first-order valence-electron chi connectivity index (χ1n) is 11.4. The minimum atomic E-state index is -0.934. The number of aryl methyl sites for hydroxylation is 1. The quantitative estimate of drug-likeness (QED) is 0.392. The van der Waals surface area contributed by atoms with Gasteiger partial charge in [-0.15, -0.1) is 0 Å². The molecule has 0 heterocycles. The van der Waals surface area contributed by atoms with Gasteiger partial charge in [-0.1, -0.05) is 19.1 Å². The van der Waals surface area contributed by atoms with E-state index < -0.39 is 6.10 Å². The largest absolute Gasteiger partial charge is 0.508 e. The predicted molar refractivity (Wildman–Crippen MR) is 128 cm³/mol. The number of hydrogen-bond acceptors (Lipinski definition) is 5. The normalized spacial score (nSPS) is 13.4. The lowest BCUT2D eigenvalue weighted by Gasteiger charge is -2.28. The van der Waals surface area contributed by atoms with Gasteiger partial charge < -0.3 is 25.6 Å². The number of nitrogens with one attached hydrogen (secondary N) is 2. The number of amides is 1. The SMILES string of the molecule is CCOc1ccc(CCC(C)(C)NCC(O)c2cc(C(=O)NC(C)CC)ccc2O)cc1. The van der Waals surface area contributed by atoms with Crippen molar-refractivity contribution in [2.24, 2.45) is 0 Å². The summed E-state index contributed by atoms with van der Waals surface area (Å²) >= 11 is 0. The van der Waals surface area contributed by atoms with Crippen LogP contribution in [0.5, 0.6) is 11.5 Å². The van der Waals surface area contributed by atoms with E-state index in [0.717, 1.165) is 25.0 Å². The summed E-state index contributed by atoms with van der Waals surface area (Å²) in [6.07, 6.45) is 1.65. The molecular formula is C26H38N2O4. The third-order valence-electron chi connectivity index (χ3n) is 5.69. The van der Waals surface area contributed by atoms with Crippen LogP contribution in [-0.4, -0.2) is 40.9 Å². The van der Waals surface area contributed by atoms with Crippen molar-refractivity contribution in [2.45, 2.75) is 71.6 Å². The molecule has 0 aliphatic carbocycles. The van der Waals surface area contributed by atoms with Crippen molar-refractivity contribution in [3.63, 3.8) is 0 Å². The third kappa shape index (κ3) is 7.84. The summed E-state index contributed by atoms with van der Waals surface area (Å²) in [6, 6.07) is 12.8. The molecule has 0 aromatic heterocycles. The van der Waals surface area contributed by atoms with E-state index in [1.54, 1.807) is 12.1 Å². The Morgan fingerprint density at radius 1 is 1.12 bits per heavy atom. The predicted octanol–water partition coefficient (Wildman–Crippen LogP) is 4.35. The fraction of sp³-hybridized carbons (Fsp3) is 0.500. The van der Waals surface area contributed by atoms with Gasteiger partial charge in [0.2, 0.25) is 0 Å². The number of aliphatic hydroxyl groups excluding tert-OH is 1. The van der Waals surface area contributed by atoms with E-state index in [4.69, 9.17) is 4.74 Å². The summed E-state index contributed by atoms with van der Waals surface area (Å²) in [7, 11) is 0. The fourth-order valence-electron chi connectivity index (χ4n) is 3.32. The highest BCUT2D eigenvalue weighted by atomic mass is 16.5. The molecule has 0 spiro atoms. The number of carbonyl (C=O) groups is 1. The molecule has 1 amide bonds. The van der Waals surface area contributed by atoms with Crippen molar-refractivity contribution in [1.29, 1.82) is 0 Å². The number of benzene rings is 2. The van der Waals surface area contributed by atoms with Gasteiger partial charge in [-0.25, -0.2) is 0 Å². The molecule has 2 atom stereocenters. The first-order valence-corrected chi connectivity index (χ1v) is 11.4. The van der Waals surface area contributed by atoms with Crippen LogP contribution in [0.2, 0.25) is 0 Å². The first kappa shape index (κ1) is 25.7. The lowest BCUT2D eigenvalue weighted by atomic mass is 9.94. The number of hydrogen-bond donors (Lipinski definition) is 4. The second-order valence-corrected chi connectivity index (χ2v) is 8.91. The van der Waals surface area contributed by atoms with E-state index in [1.807, 2.05) is 32.9 Å². The minimum absolute atomic E-state index is 0.0217. The van der Waals surface area contributed by atoms with E-state index in [0.29, 0.717) is 17.7 Å². The second-order valence-electron chi connectivity index (χ2n) is 8.91. The molecule has 0 bridgehead atoms. The highest BCUT2D eigenvalue weighted by molar-refractivity contribution is 5.94. The molecule has 6 nitrogen and oxygen atoms in total. The lowest BCUT2D eigenvalue weighted by Crippen LogP contribution is -2.42. The highest BCUT2D eigenvalue weighted by Crippen LogP contribution is 2.26. The monoisotopic (exact) mass is 442 g/mol. The van der Waals surface area contributed by atoms with Crippen LogP contribution >= 0.6 is 0 Å². The van der Waals surface area contributed by atoms with Crippen LogP contribution in [0.4, 0.5) is 0 Å². The van der Waals surface area contributed by atoms with Gasteiger partial charge in [0.15, 0.2) is 0 Å². The lowest BCUT2D eigenvalue weighted by molar-refractivity contribution is 0.0938. The van der Waals surface area contributed by atoms with Crippen molar-refractivity contribution in [2.75, 3.05) is 13.2 Å². The van der Waals surface area contributed by atoms with Crippen LogP contribution in [-0.2, 0) is 6.42 Å². The topological polar surface area (TPSA) is 90.8 Å². The maximum atomic E-state index is 12.4. The van der Waals surface area contributed by atoms with Crippen molar-refractivity contribution >= 4 is 5.91 Å². The molecule has 0 saturated carbocycles. The van der Waals surface area contributed by atoms with Gasteiger partial charge >= 0.3 is 0 Å². The van der Waals surface area contributed by atoms with Gasteiger partial charge in [-0.2, -0.15) is 0 Å². The molecule has 2 aromatic carbocycles. The zero-order valence-corrected chi connectivity index (χ0v) is 19.9. The minimum Gasteiger partial charge on any atom is -0.508 e. The standard InChI is InChI=1S/C26H38N2O4/c1-6-18(3)28-25(31)20-10-13-23(29)22(16-20)24(30)17-27-26(4,5)15-14-19-8-11-21(12-9-19)32-7-2/h8-13,16,18,24,27,29-30H,6-7,14-15,17H2,1-5H3,(H,28,31). The number of rotatable bonds is 12. The Morgan fingerprint density at radius 3 is 2.44 bits per heavy atom. The van der Waals surface area contributed by atoms with Gasteiger partial charge in [0.25, 0.3) is 5.91 Å². The summed E-state index contributed by atoms with van der Waals surface area (Å²) in [6.45, 7) is 11.0. The van der Waals surface area contributed by atoms with Crippen LogP contribution in [0.15, 0.2) is 42.5 Å². The number of aliphatic hydroxyl groups is 1. The summed E-state index contributed by atoms with van der Waals surface area (Å²) < 4.78 is 5.48. The summed E-state index contributed by atoms with van der Waals surface area (Å²) in [5.41, 5.74) is 1.77. The van der Waals surface area contributed by atoms with Crippen LogP contribution in [0.1, 0.15) is 75.0 Å². The molecule has 0 saturated heterocycles. The number of β-amino-alcohol motifs (C(OH)–C–C–N with tert-alkyl or cyclic N) is 1. The second kappa shape index (κ2) is 11.9. The van der Waals surface area contributed by atoms with Crippen LogP contribution < -0.4 is 15.4 Å². The molecule has 0 aliphatic rings. The first-order chi connectivity index (χ1) is 15.1. The average molecular weight is 443 g/mol. The van der Waals surface area contributed by atoms with Gasteiger partial charge in [0.05, 0.1) is 12.7 Å². The molecule has 2 rings (SSSR count). The van der Waals surface area contributed by atoms with E-state index in [-0.39, 0.29) is 29.8 Å². The molecule has 6 heteroatoms. The number of phenolic OH excluding ortho intramolecular Hbond substituents is 1. The van der Waals surface area contributed by atoms with Crippen LogP contribution in [0, 0.1) is 0 Å². The van der Waals surface area contributed by atoms with Crippen molar-refractivity contribution in [1.82, 2.24) is 10.6 Å². The number of aromatic hydroxyl groups is 1. The van der Waals surface area contributed by atoms with Crippen LogP contribution in [0.3, 0.4) is 0 Å². The number of carbonyl (C=O) groups excluding carboxylic acids is 1. The van der Waals surface area contributed by atoms with Gasteiger partial charge in [-0.3, -0.25) is 4.79 Å². The molecule has 4 N–H and O–H groups in total. The molecule has 176 valence electrons. The maximum absolute atomic E-state index is 12.4. The van der Waals surface area contributed by atoms with E-state index >= 15 is 0 Å². The Kier molecular flexibility index (Phi) is 9.54. The Balaban J connectivity index is 1.94. The van der Waals surface area contributed by atoms with E-state index in [2.05, 4.69) is 36.6 Å². The van der Waals surface area contributed by atoms with Crippen molar-refractivity contribution in [3.05, 3.63) is 59.2 Å². The number of ether oxygens (including phenoxy) is 1.